The molecule has 0 radical (unpaired) electrons. The zero-order valence-electron chi connectivity index (χ0n) is 12.8. The summed E-state index contributed by atoms with van der Waals surface area (Å²) in [4.78, 5) is 28.9. The molecule has 1 aliphatic rings. The third-order valence-electron chi connectivity index (χ3n) is 3.72. The van der Waals surface area contributed by atoms with Crippen LogP contribution < -0.4 is 0 Å². The van der Waals surface area contributed by atoms with Gasteiger partial charge in [-0.2, -0.15) is 0 Å². The van der Waals surface area contributed by atoms with E-state index in [1.807, 2.05) is 10.8 Å². The van der Waals surface area contributed by atoms with Gasteiger partial charge in [-0.3, -0.25) is 9.59 Å². The third-order valence-corrected chi connectivity index (χ3v) is 3.72. The number of carbonyl (C=O) groups is 2. The first kappa shape index (κ1) is 20.7. The highest BCUT2D eigenvalue weighted by atomic mass is 35.5. The van der Waals surface area contributed by atoms with Crippen LogP contribution in [-0.2, 0) is 16.1 Å². The summed E-state index contributed by atoms with van der Waals surface area (Å²) in [6.45, 7) is 5.63. The van der Waals surface area contributed by atoms with E-state index >= 15 is 0 Å². The number of rotatable bonds is 5. The summed E-state index contributed by atoms with van der Waals surface area (Å²) in [7, 11) is 0. The van der Waals surface area contributed by atoms with Crippen LogP contribution in [0.3, 0.4) is 0 Å². The van der Waals surface area contributed by atoms with Crippen LogP contribution in [0, 0.1) is 5.92 Å². The molecular weight excluding hydrogens is 329 g/mol. The van der Waals surface area contributed by atoms with Gasteiger partial charge in [0.05, 0.1) is 5.92 Å². The van der Waals surface area contributed by atoms with Crippen LogP contribution in [0.15, 0.2) is 12.4 Å². The lowest BCUT2D eigenvalue weighted by Crippen LogP contribution is -2.30. The van der Waals surface area contributed by atoms with E-state index in [0.717, 1.165) is 5.82 Å². The number of amides is 1. The van der Waals surface area contributed by atoms with Gasteiger partial charge in [-0.1, -0.05) is 13.8 Å². The van der Waals surface area contributed by atoms with Crippen molar-refractivity contribution < 1.29 is 14.7 Å². The predicted octanol–water partition coefficient (Wildman–Crippen LogP) is 2.17. The van der Waals surface area contributed by atoms with Crippen molar-refractivity contribution >= 4 is 36.7 Å². The summed E-state index contributed by atoms with van der Waals surface area (Å²) < 4.78 is 1.99. The molecular formula is C14H23Cl2N3O3. The first-order valence-corrected chi connectivity index (χ1v) is 7.00. The quantitative estimate of drug-likeness (QED) is 0.881. The number of hydrogen-bond acceptors (Lipinski definition) is 3. The molecule has 1 amide bonds. The van der Waals surface area contributed by atoms with E-state index in [1.165, 1.54) is 0 Å². The van der Waals surface area contributed by atoms with Gasteiger partial charge in [0.1, 0.15) is 5.82 Å². The van der Waals surface area contributed by atoms with Crippen LogP contribution in [0.1, 0.15) is 38.4 Å². The van der Waals surface area contributed by atoms with E-state index in [2.05, 4.69) is 18.8 Å². The zero-order valence-corrected chi connectivity index (χ0v) is 14.4. The third kappa shape index (κ3) is 4.88. The van der Waals surface area contributed by atoms with E-state index in [1.54, 1.807) is 11.1 Å². The van der Waals surface area contributed by atoms with Crippen LogP contribution in [0.4, 0.5) is 0 Å². The first-order chi connectivity index (χ1) is 9.49. The molecule has 1 atom stereocenters. The highest BCUT2D eigenvalue weighted by Gasteiger charge is 2.30. The highest BCUT2D eigenvalue weighted by molar-refractivity contribution is 5.85. The maximum atomic E-state index is 12.1. The SMILES string of the molecule is CC(C)c1nccn1CCC(=O)N1CCC(C(=O)O)C1.Cl.Cl. The number of aryl methyl sites for hydroxylation is 1. The fourth-order valence-electron chi connectivity index (χ4n) is 2.57. The molecule has 0 spiro atoms. The molecule has 126 valence electrons. The topological polar surface area (TPSA) is 75.4 Å². The van der Waals surface area contributed by atoms with E-state index in [0.29, 0.717) is 38.4 Å². The fraction of sp³-hybridized carbons (Fsp3) is 0.643. The molecule has 1 saturated heterocycles. The minimum atomic E-state index is -0.808. The predicted molar refractivity (Wildman–Crippen MR) is 87.8 cm³/mol. The maximum Gasteiger partial charge on any atom is 0.308 e. The molecule has 0 saturated carbocycles. The van der Waals surface area contributed by atoms with Gasteiger partial charge >= 0.3 is 5.97 Å². The number of aliphatic carboxylic acids is 1. The lowest BCUT2D eigenvalue weighted by Gasteiger charge is -2.17. The van der Waals surface area contributed by atoms with E-state index in [9.17, 15) is 9.59 Å². The number of aromatic nitrogens is 2. The van der Waals surface area contributed by atoms with Gasteiger partial charge in [0.2, 0.25) is 5.91 Å². The second kappa shape index (κ2) is 9.00. The number of likely N-dealkylation sites (tertiary alicyclic amines) is 1. The molecule has 22 heavy (non-hydrogen) atoms. The number of halogens is 2. The number of carboxylic acids is 1. The second-order valence-electron chi connectivity index (χ2n) is 5.55. The van der Waals surface area contributed by atoms with Crippen molar-refractivity contribution in [2.45, 2.75) is 39.2 Å². The van der Waals surface area contributed by atoms with Crippen molar-refractivity contribution in [3.05, 3.63) is 18.2 Å². The van der Waals surface area contributed by atoms with Crippen molar-refractivity contribution in [3.8, 4) is 0 Å². The molecule has 1 fully saturated rings. The molecule has 1 aromatic rings. The zero-order chi connectivity index (χ0) is 14.7. The van der Waals surface area contributed by atoms with Gasteiger partial charge in [-0.25, -0.2) is 4.98 Å². The number of carbonyl (C=O) groups excluding carboxylic acids is 1. The first-order valence-electron chi connectivity index (χ1n) is 7.00. The Labute approximate surface area is 142 Å². The standard InChI is InChI=1S/C14H21N3O3.2ClH/c1-10(2)13-15-5-8-16(13)7-4-12(18)17-6-3-11(9-17)14(19)20;;/h5,8,10-11H,3-4,6-7,9H2,1-2H3,(H,19,20);2*1H. The van der Waals surface area contributed by atoms with Crippen molar-refractivity contribution in [2.24, 2.45) is 5.92 Å². The molecule has 0 aliphatic carbocycles. The summed E-state index contributed by atoms with van der Waals surface area (Å²) in [5.41, 5.74) is 0. The molecule has 1 aromatic heterocycles. The van der Waals surface area contributed by atoms with E-state index in [4.69, 9.17) is 5.11 Å². The van der Waals surface area contributed by atoms with Gasteiger partial charge in [0.25, 0.3) is 0 Å². The molecule has 2 rings (SSSR count). The van der Waals surface area contributed by atoms with Crippen LogP contribution in [0.25, 0.3) is 0 Å². The van der Waals surface area contributed by atoms with Gasteiger partial charge < -0.3 is 14.6 Å². The smallest absolute Gasteiger partial charge is 0.308 e. The average molecular weight is 352 g/mol. The van der Waals surface area contributed by atoms with Gasteiger partial charge in [-0.15, -0.1) is 24.8 Å². The summed E-state index contributed by atoms with van der Waals surface area (Å²) in [6.07, 6.45) is 4.58. The van der Waals surface area contributed by atoms with Gasteiger partial charge in [0, 0.05) is 44.4 Å². The van der Waals surface area contributed by atoms with Crippen molar-refractivity contribution in [1.82, 2.24) is 14.5 Å². The minimum Gasteiger partial charge on any atom is -0.481 e. The summed E-state index contributed by atoms with van der Waals surface area (Å²) in [5, 5.41) is 8.94. The largest absolute Gasteiger partial charge is 0.481 e. The number of hydrogen-bond donors (Lipinski definition) is 1. The second-order valence-corrected chi connectivity index (χ2v) is 5.55. The van der Waals surface area contributed by atoms with Gasteiger partial charge in [0.15, 0.2) is 0 Å². The lowest BCUT2D eigenvalue weighted by molar-refractivity contribution is -0.141. The molecule has 1 unspecified atom stereocenters. The monoisotopic (exact) mass is 351 g/mol. The molecule has 0 aromatic carbocycles. The Balaban J connectivity index is 0.00000220. The Morgan fingerprint density at radius 1 is 1.41 bits per heavy atom. The van der Waals surface area contributed by atoms with Crippen molar-refractivity contribution in [2.75, 3.05) is 13.1 Å². The molecule has 1 N–H and O–H groups in total. The molecule has 0 bridgehead atoms. The molecule has 8 heteroatoms. The Morgan fingerprint density at radius 3 is 2.64 bits per heavy atom. The average Bonchev–Trinajstić information content (AvgIpc) is 3.04. The number of nitrogens with zero attached hydrogens (tertiary/aromatic N) is 3. The van der Waals surface area contributed by atoms with Crippen molar-refractivity contribution in [1.29, 1.82) is 0 Å². The minimum absolute atomic E-state index is 0. The Bertz CT molecular complexity index is 505. The van der Waals surface area contributed by atoms with Gasteiger partial charge in [-0.05, 0) is 6.42 Å². The normalized spacial score (nSPS) is 17.0. The van der Waals surface area contributed by atoms with E-state index < -0.39 is 11.9 Å². The number of carboxylic acid groups (broad SMARTS) is 1. The number of imidazole rings is 1. The van der Waals surface area contributed by atoms with Crippen LogP contribution in [0.5, 0.6) is 0 Å². The molecule has 2 heterocycles. The summed E-state index contributed by atoms with van der Waals surface area (Å²) in [6, 6.07) is 0. The Morgan fingerprint density at radius 2 is 2.09 bits per heavy atom. The summed E-state index contributed by atoms with van der Waals surface area (Å²) >= 11 is 0. The van der Waals surface area contributed by atoms with E-state index in [-0.39, 0.29) is 30.7 Å². The van der Waals surface area contributed by atoms with Crippen molar-refractivity contribution in [3.63, 3.8) is 0 Å². The maximum absolute atomic E-state index is 12.1. The molecule has 6 nitrogen and oxygen atoms in total. The Kier molecular flexibility index (Phi) is 8.48. The summed E-state index contributed by atoms with van der Waals surface area (Å²) in [5.74, 6) is 0.110. The Hall–Kier alpha value is -1.27. The van der Waals surface area contributed by atoms with Crippen LogP contribution >= 0.6 is 24.8 Å². The molecule has 1 aliphatic heterocycles. The van der Waals surface area contributed by atoms with Crippen LogP contribution in [-0.4, -0.2) is 44.5 Å². The fourth-order valence-corrected chi connectivity index (χ4v) is 2.57. The lowest BCUT2D eigenvalue weighted by atomic mass is 10.1. The van der Waals surface area contributed by atoms with Crippen LogP contribution in [0.2, 0.25) is 0 Å². The highest BCUT2D eigenvalue weighted by Crippen LogP contribution is 2.18.